The predicted molar refractivity (Wildman–Crippen MR) is 147 cm³/mol. The predicted octanol–water partition coefficient (Wildman–Crippen LogP) is 3.29. The first-order valence-corrected chi connectivity index (χ1v) is 12.6. The van der Waals surface area contributed by atoms with Crippen LogP contribution in [0, 0.1) is 11.3 Å². The number of aromatic nitrogens is 5. The molecule has 1 aliphatic rings. The Hall–Kier alpha value is -5.14. The fraction of sp³-hybridized carbons (Fsp3) is 0.172. The van der Waals surface area contributed by atoms with Crippen molar-refractivity contribution in [1.82, 2.24) is 34.3 Å². The summed E-state index contributed by atoms with van der Waals surface area (Å²) >= 11 is 0. The van der Waals surface area contributed by atoms with Crippen molar-refractivity contribution in [3.63, 3.8) is 0 Å². The second kappa shape index (κ2) is 10.3. The van der Waals surface area contributed by atoms with E-state index in [1.165, 1.54) is 5.56 Å². The topological polar surface area (TPSA) is 130 Å². The highest BCUT2D eigenvalue weighted by molar-refractivity contribution is 5.92. The minimum absolute atomic E-state index is 0.137. The number of rotatable bonds is 5. The van der Waals surface area contributed by atoms with E-state index in [4.69, 9.17) is 16.0 Å². The number of pyridine rings is 3. The molecule has 6 rings (SSSR count). The Labute approximate surface area is 225 Å². The van der Waals surface area contributed by atoms with Crippen molar-refractivity contribution in [2.45, 2.75) is 6.54 Å². The summed E-state index contributed by atoms with van der Waals surface area (Å²) in [6.45, 7) is 3.50. The first kappa shape index (κ1) is 24.2. The van der Waals surface area contributed by atoms with Crippen LogP contribution in [0.25, 0.3) is 28.2 Å². The molecule has 0 bridgehead atoms. The highest BCUT2D eigenvalue weighted by Gasteiger charge is 2.23. The van der Waals surface area contributed by atoms with Gasteiger partial charge in [0.05, 0.1) is 5.56 Å². The second-order valence-electron chi connectivity index (χ2n) is 9.31. The van der Waals surface area contributed by atoms with Crippen LogP contribution in [0.5, 0.6) is 0 Å². The number of nitrogens with zero attached hydrogens (tertiary/aromatic N) is 8. The number of benzene rings is 1. The van der Waals surface area contributed by atoms with Crippen molar-refractivity contribution in [3.8, 4) is 23.1 Å². The largest absolute Gasteiger partial charge is 0.383 e. The molecule has 0 atom stereocenters. The first-order chi connectivity index (χ1) is 19.1. The van der Waals surface area contributed by atoms with Crippen LogP contribution >= 0.6 is 0 Å². The number of fused-ring (bicyclic) bond motifs is 1. The molecule has 39 heavy (non-hydrogen) atoms. The van der Waals surface area contributed by atoms with Gasteiger partial charge in [-0.3, -0.25) is 14.3 Å². The van der Waals surface area contributed by atoms with Crippen molar-refractivity contribution >= 4 is 22.9 Å². The van der Waals surface area contributed by atoms with Gasteiger partial charge in [-0.15, -0.1) is 0 Å². The molecule has 0 spiro atoms. The van der Waals surface area contributed by atoms with Gasteiger partial charge in [0.25, 0.3) is 5.91 Å². The third-order valence-corrected chi connectivity index (χ3v) is 6.84. The monoisotopic (exact) mass is 515 g/mol. The van der Waals surface area contributed by atoms with Crippen LogP contribution in [0.4, 0.5) is 5.82 Å². The van der Waals surface area contributed by atoms with E-state index in [0.29, 0.717) is 30.4 Å². The molecule has 1 amide bonds. The molecule has 10 heteroatoms. The Morgan fingerprint density at radius 2 is 1.67 bits per heavy atom. The molecule has 0 radical (unpaired) electrons. The summed E-state index contributed by atoms with van der Waals surface area (Å²) in [4.78, 5) is 34.7. The highest BCUT2D eigenvalue weighted by atomic mass is 16.2. The number of piperazine rings is 1. The smallest absolute Gasteiger partial charge is 0.272 e. The molecule has 1 saturated heterocycles. The zero-order chi connectivity index (χ0) is 26.8. The molecular weight excluding hydrogens is 490 g/mol. The summed E-state index contributed by atoms with van der Waals surface area (Å²) in [5.41, 5.74) is 11.1. The van der Waals surface area contributed by atoms with Gasteiger partial charge in [0.15, 0.2) is 11.5 Å². The van der Waals surface area contributed by atoms with E-state index in [9.17, 15) is 4.79 Å². The van der Waals surface area contributed by atoms with E-state index >= 15 is 0 Å². The van der Waals surface area contributed by atoms with Gasteiger partial charge in [-0.2, -0.15) is 5.26 Å². The summed E-state index contributed by atoms with van der Waals surface area (Å²) in [6.07, 6.45) is 3.42. The lowest BCUT2D eigenvalue weighted by Crippen LogP contribution is -2.48. The van der Waals surface area contributed by atoms with Crippen LogP contribution in [0.1, 0.15) is 21.7 Å². The zero-order valence-electron chi connectivity index (χ0n) is 21.1. The van der Waals surface area contributed by atoms with Crippen LogP contribution in [-0.4, -0.2) is 66.4 Å². The molecule has 192 valence electrons. The van der Waals surface area contributed by atoms with Gasteiger partial charge in [-0.25, -0.2) is 19.9 Å². The van der Waals surface area contributed by atoms with Crippen LogP contribution < -0.4 is 5.73 Å². The molecule has 4 aromatic heterocycles. The van der Waals surface area contributed by atoms with Crippen molar-refractivity contribution in [1.29, 1.82) is 5.26 Å². The Morgan fingerprint density at radius 1 is 0.897 bits per heavy atom. The summed E-state index contributed by atoms with van der Waals surface area (Å²) in [6, 6.07) is 22.8. The molecular formula is C29H25N9O. The highest BCUT2D eigenvalue weighted by Crippen LogP contribution is 2.30. The number of carbonyl (C=O) groups excluding carboxylic acids is 1. The Balaban J connectivity index is 1.17. The van der Waals surface area contributed by atoms with Gasteiger partial charge >= 0.3 is 0 Å². The van der Waals surface area contributed by atoms with Crippen molar-refractivity contribution in [3.05, 3.63) is 96.1 Å². The number of nitrogens with two attached hydrogens (primary N) is 1. The lowest BCUT2D eigenvalue weighted by molar-refractivity contribution is 0.0622. The average Bonchev–Trinajstić information content (AvgIpc) is 3.37. The molecule has 5 heterocycles. The maximum Gasteiger partial charge on any atom is 0.272 e. The Kier molecular flexibility index (Phi) is 6.40. The molecule has 1 fully saturated rings. The van der Waals surface area contributed by atoms with E-state index in [2.05, 4.69) is 44.1 Å². The quantitative estimate of drug-likeness (QED) is 0.377. The molecule has 0 saturated carbocycles. The number of imidazole rings is 1. The van der Waals surface area contributed by atoms with E-state index in [0.717, 1.165) is 42.0 Å². The third-order valence-electron chi connectivity index (χ3n) is 6.84. The maximum absolute atomic E-state index is 12.8. The van der Waals surface area contributed by atoms with Gasteiger partial charge in [0.2, 0.25) is 0 Å². The number of hydrogen-bond acceptors (Lipinski definition) is 8. The van der Waals surface area contributed by atoms with Crippen LogP contribution in [-0.2, 0) is 6.54 Å². The van der Waals surface area contributed by atoms with Gasteiger partial charge in [0.1, 0.15) is 28.8 Å². The lowest BCUT2D eigenvalue weighted by Gasteiger charge is -2.34. The number of anilines is 1. The molecule has 0 unspecified atom stereocenters. The first-order valence-electron chi connectivity index (χ1n) is 12.6. The summed E-state index contributed by atoms with van der Waals surface area (Å²) in [7, 11) is 0. The number of hydrogen-bond donors (Lipinski definition) is 1. The van der Waals surface area contributed by atoms with Crippen LogP contribution in [0.15, 0.2) is 79.1 Å². The fourth-order valence-corrected chi connectivity index (χ4v) is 4.84. The fourth-order valence-electron chi connectivity index (χ4n) is 4.84. The minimum Gasteiger partial charge on any atom is -0.383 e. The summed E-state index contributed by atoms with van der Waals surface area (Å²) in [5.74, 6) is 0.969. The standard InChI is InChI=1S/C29H25N9O/c30-18-21-4-1-6-25(34-21)29(39)37-16-14-36(15-17-37)19-20-8-10-22(11-9-20)38-27(23-5-2-12-32-26(23)31)35-24-7-3-13-33-28(24)38/h1-13H,14-17,19H2,(H2,31,32). The molecule has 0 aliphatic carbocycles. The minimum atomic E-state index is -0.137. The van der Waals surface area contributed by atoms with Crippen molar-refractivity contribution in [2.75, 3.05) is 31.9 Å². The Bertz CT molecular complexity index is 1700. The number of carbonyl (C=O) groups is 1. The summed E-state index contributed by atoms with van der Waals surface area (Å²) in [5, 5.41) is 9.06. The number of nitrogen functional groups attached to an aromatic ring is 1. The number of amides is 1. The van der Waals surface area contributed by atoms with Crippen LogP contribution in [0.3, 0.4) is 0 Å². The van der Waals surface area contributed by atoms with Crippen LogP contribution in [0.2, 0.25) is 0 Å². The van der Waals surface area contributed by atoms with Gasteiger partial charge < -0.3 is 10.6 Å². The Morgan fingerprint density at radius 3 is 2.44 bits per heavy atom. The van der Waals surface area contributed by atoms with E-state index in [-0.39, 0.29) is 11.6 Å². The molecule has 5 aromatic rings. The van der Waals surface area contributed by atoms with Gasteiger partial charge in [0, 0.05) is 50.8 Å². The van der Waals surface area contributed by atoms with E-state index in [1.54, 1.807) is 35.5 Å². The number of nitriles is 1. The molecule has 1 aromatic carbocycles. The maximum atomic E-state index is 12.8. The van der Waals surface area contributed by atoms with Gasteiger partial charge in [-0.1, -0.05) is 18.2 Å². The van der Waals surface area contributed by atoms with E-state index in [1.807, 2.05) is 34.9 Å². The van der Waals surface area contributed by atoms with Crippen molar-refractivity contribution in [2.24, 2.45) is 0 Å². The lowest BCUT2D eigenvalue weighted by atomic mass is 10.1. The molecule has 1 aliphatic heterocycles. The second-order valence-corrected chi connectivity index (χ2v) is 9.31. The van der Waals surface area contributed by atoms with Gasteiger partial charge in [-0.05, 0) is 54.1 Å². The SMILES string of the molecule is N#Cc1cccc(C(=O)N2CCN(Cc3ccc(-n4c(-c5cccnc5N)nc5cccnc54)cc3)CC2)n1. The molecule has 2 N–H and O–H groups in total. The van der Waals surface area contributed by atoms with Crippen molar-refractivity contribution < 1.29 is 4.79 Å². The average molecular weight is 516 g/mol. The van der Waals surface area contributed by atoms with E-state index < -0.39 is 0 Å². The summed E-state index contributed by atoms with van der Waals surface area (Å²) < 4.78 is 2.01. The third kappa shape index (κ3) is 4.79. The normalized spacial score (nSPS) is 13.9. The molecule has 10 nitrogen and oxygen atoms in total. The zero-order valence-corrected chi connectivity index (χ0v) is 21.1.